The Morgan fingerprint density at radius 1 is 0.755 bits per heavy atom. The third-order valence-corrected chi connectivity index (χ3v) is 8.30. The largest absolute Gasteiger partial charge is 0.490 e. The molecule has 0 aliphatic rings. The van der Waals surface area contributed by atoms with E-state index in [1.165, 1.54) is 6.07 Å². The summed E-state index contributed by atoms with van der Waals surface area (Å²) in [7, 11) is 0. The summed E-state index contributed by atoms with van der Waals surface area (Å²) in [6, 6.07) is 16.2. The molecule has 0 spiro atoms. The van der Waals surface area contributed by atoms with Crippen LogP contribution in [0, 0.1) is 29.0 Å². The van der Waals surface area contributed by atoms with Gasteiger partial charge in [-0.3, -0.25) is 4.98 Å². The van der Waals surface area contributed by atoms with E-state index in [2.05, 4.69) is 63.7 Å². The van der Waals surface area contributed by atoms with Crippen molar-refractivity contribution in [1.82, 2.24) is 29.9 Å². The lowest BCUT2D eigenvalue weighted by molar-refractivity contribution is 0.200. The molecule has 4 aromatic heterocycles. The first kappa shape index (κ1) is 38.5. The molecule has 0 fully saturated rings. The predicted molar refractivity (Wildman–Crippen MR) is 206 cm³/mol. The van der Waals surface area contributed by atoms with Crippen LogP contribution in [0.15, 0.2) is 73.3 Å². The van der Waals surface area contributed by atoms with Crippen LogP contribution in [-0.2, 0) is 0 Å². The Morgan fingerprint density at radius 3 is 1.92 bits per heavy atom. The van der Waals surface area contributed by atoms with Crippen molar-refractivity contribution < 1.29 is 13.9 Å². The summed E-state index contributed by atoms with van der Waals surface area (Å²) in [6.45, 7) is 12.9. The number of aromatic amines is 1. The van der Waals surface area contributed by atoms with Gasteiger partial charge in [-0.25, -0.2) is 19.3 Å². The molecule has 7 N–H and O–H groups in total. The van der Waals surface area contributed by atoms with Gasteiger partial charge in [-0.2, -0.15) is 10.2 Å². The third-order valence-electron chi connectivity index (χ3n) is 8.30. The molecule has 53 heavy (non-hydrogen) atoms. The molecule has 0 saturated heterocycles. The summed E-state index contributed by atoms with van der Waals surface area (Å²) in [5, 5.41) is 9.57. The number of H-pyrrole nitrogens is 1. The fourth-order valence-electron chi connectivity index (χ4n) is 6.44. The number of aromatic nitrogens is 6. The second-order valence-corrected chi connectivity index (χ2v) is 14.8. The normalized spacial score (nSPS) is 13.6. The lowest BCUT2D eigenvalue weighted by atomic mass is 9.93. The van der Waals surface area contributed by atoms with Gasteiger partial charge in [-0.1, -0.05) is 39.8 Å². The van der Waals surface area contributed by atoms with Gasteiger partial charge < -0.3 is 31.7 Å². The quantitative estimate of drug-likeness (QED) is 0.0997. The number of fused-ring (bicyclic) bond motifs is 2. The molecule has 0 radical (unpaired) electrons. The van der Waals surface area contributed by atoms with E-state index < -0.39 is 16.9 Å². The van der Waals surface area contributed by atoms with Crippen molar-refractivity contribution in [3.05, 3.63) is 84.7 Å². The Kier molecular flexibility index (Phi) is 11.9. The van der Waals surface area contributed by atoms with Crippen molar-refractivity contribution in [3.63, 3.8) is 0 Å². The number of nitriles is 1. The van der Waals surface area contributed by atoms with Crippen LogP contribution in [0.3, 0.4) is 0 Å². The smallest absolute Gasteiger partial charge is 0.200 e. The third kappa shape index (κ3) is 10.0. The topological polar surface area (TPSA) is 201 Å². The van der Waals surface area contributed by atoms with E-state index in [0.717, 1.165) is 35.0 Å². The minimum Gasteiger partial charge on any atom is -0.490 e. The molecule has 0 saturated carbocycles. The van der Waals surface area contributed by atoms with Crippen LogP contribution in [0.25, 0.3) is 44.6 Å². The maximum Gasteiger partial charge on any atom is 0.200 e. The highest BCUT2D eigenvalue weighted by molar-refractivity contribution is 5.91. The fraction of sp³-hybridized carbons (Fsp3) is 0.350. The van der Waals surface area contributed by atoms with Gasteiger partial charge in [0.05, 0.1) is 11.1 Å². The molecule has 12 nitrogen and oxygen atoms in total. The van der Waals surface area contributed by atoms with E-state index in [0.29, 0.717) is 58.1 Å². The Labute approximate surface area is 309 Å². The van der Waals surface area contributed by atoms with Gasteiger partial charge in [0.15, 0.2) is 28.8 Å². The molecule has 2 aromatic carbocycles. The van der Waals surface area contributed by atoms with E-state index in [9.17, 15) is 9.65 Å². The second kappa shape index (κ2) is 16.3. The average Bonchev–Trinajstić information content (AvgIpc) is 3.49. The van der Waals surface area contributed by atoms with Gasteiger partial charge in [-0.05, 0) is 86.1 Å². The molecule has 6 aromatic rings. The average molecular weight is 719 g/mol. The van der Waals surface area contributed by atoms with E-state index in [-0.39, 0.29) is 12.4 Å². The Morgan fingerprint density at radius 2 is 1.30 bits per heavy atom. The summed E-state index contributed by atoms with van der Waals surface area (Å²) in [5.74, 6) is 1.50. The van der Waals surface area contributed by atoms with Crippen molar-refractivity contribution in [3.8, 4) is 39.8 Å². The molecule has 6 rings (SSSR count). The first-order valence-electron chi connectivity index (χ1n) is 17.5. The molecule has 0 aliphatic carbocycles. The van der Waals surface area contributed by atoms with Gasteiger partial charge in [0, 0.05) is 47.0 Å². The highest BCUT2D eigenvalue weighted by Gasteiger charge is 2.23. The van der Waals surface area contributed by atoms with Gasteiger partial charge in [-0.15, -0.1) is 0 Å². The monoisotopic (exact) mass is 718 g/mol. The van der Waals surface area contributed by atoms with Crippen LogP contribution in [-0.4, -0.2) is 54.2 Å². The van der Waals surface area contributed by atoms with Crippen LogP contribution in [0.4, 0.5) is 10.3 Å². The Hall–Kier alpha value is -5.71. The van der Waals surface area contributed by atoms with Gasteiger partial charge in [0.2, 0.25) is 0 Å². The molecule has 0 aliphatic heterocycles. The maximum atomic E-state index is 14.6. The standard InChI is InChI=1S/C20H23FN4O.C20H24N6O/c1-13(2)11-20(3,22)12-26-17-5-4-14(10-16(17)21)15-6-7-24-19-18(15)23-8-9-25-19;1-12(2)9-20(3,23)11-27-16-5-4-13(8-14(16)10-21)15-6-7-24-18-17(15)25-19(22)26-18/h4-10,13H,11-12,22H2,1-3H3;4-8,12H,9,11,23H2,1-3H3,(H3,22,24,25,26)/t2*20-/m00/s1. The zero-order valence-corrected chi connectivity index (χ0v) is 31.0. The molecule has 0 amide bonds. The number of nitrogens with one attached hydrogen (secondary N) is 1. The number of hydrogen-bond donors (Lipinski definition) is 4. The minimum absolute atomic E-state index is 0.193. The number of rotatable bonds is 12. The highest BCUT2D eigenvalue weighted by atomic mass is 19.1. The Bertz CT molecular complexity index is 2220. The summed E-state index contributed by atoms with van der Waals surface area (Å²) in [6.07, 6.45) is 8.12. The summed E-state index contributed by atoms with van der Waals surface area (Å²) >= 11 is 0. The van der Waals surface area contributed by atoms with Crippen LogP contribution in [0.2, 0.25) is 0 Å². The maximum absolute atomic E-state index is 14.6. The molecule has 2 atom stereocenters. The first-order chi connectivity index (χ1) is 25.1. The van der Waals surface area contributed by atoms with E-state index in [1.54, 1.807) is 55.1 Å². The molecular weight excluding hydrogens is 672 g/mol. The first-order valence-corrected chi connectivity index (χ1v) is 17.5. The van der Waals surface area contributed by atoms with Crippen molar-refractivity contribution in [2.75, 3.05) is 18.9 Å². The van der Waals surface area contributed by atoms with Crippen LogP contribution < -0.4 is 26.7 Å². The number of imidazole rings is 1. The number of anilines is 1. The number of benzene rings is 2. The highest BCUT2D eigenvalue weighted by Crippen LogP contribution is 2.32. The fourth-order valence-corrected chi connectivity index (χ4v) is 6.44. The molecule has 0 bridgehead atoms. The molecule has 276 valence electrons. The zero-order chi connectivity index (χ0) is 38.3. The number of nitrogen functional groups attached to an aromatic ring is 1. The van der Waals surface area contributed by atoms with Gasteiger partial charge in [0.1, 0.15) is 30.5 Å². The van der Waals surface area contributed by atoms with Gasteiger partial charge in [0.25, 0.3) is 0 Å². The number of nitrogens with zero attached hydrogens (tertiary/aromatic N) is 6. The molecule has 13 heteroatoms. The van der Waals surface area contributed by atoms with Crippen molar-refractivity contribution >= 4 is 28.3 Å². The SMILES string of the molecule is CC(C)C[C@](C)(N)COc1ccc(-c2ccnc3nc(N)[nH]c23)cc1C#N.CC(C)C[C@](C)(N)COc1ccc(-c2ccnc3nccnc23)cc1F. The number of hydrogen-bond acceptors (Lipinski definition) is 11. The second-order valence-electron chi connectivity index (χ2n) is 14.8. The number of ether oxygens (including phenoxy) is 2. The van der Waals surface area contributed by atoms with Crippen LogP contribution >= 0.6 is 0 Å². The lowest BCUT2D eigenvalue weighted by Crippen LogP contribution is -2.43. The number of nitrogens with two attached hydrogens (primary N) is 3. The molecule has 4 heterocycles. The van der Waals surface area contributed by atoms with Gasteiger partial charge >= 0.3 is 0 Å². The van der Waals surface area contributed by atoms with Crippen molar-refractivity contribution in [1.29, 1.82) is 5.26 Å². The minimum atomic E-state index is -0.504. The lowest BCUT2D eigenvalue weighted by Gasteiger charge is -2.26. The van der Waals surface area contributed by atoms with Crippen molar-refractivity contribution in [2.24, 2.45) is 23.3 Å². The number of halogens is 1. The zero-order valence-electron chi connectivity index (χ0n) is 31.0. The van der Waals surface area contributed by atoms with E-state index >= 15 is 0 Å². The van der Waals surface area contributed by atoms with E-state index in [1.807, 2.05) is 26.0 Å². The van der Waals surface area contributed by atoms with Crippen LogP contribution in [0.5, 0.6) is 11.5 Å². The summed E-state index contributed by atoms with van der Waals surface area (Å²) in [5.41, 5.74) is 23.4. The predicted octanol–water partition coefficient (Wildman–Crippen LogP) is 7.19. The van der Waals surface area contributed by atoms with Crippen LogP contribution in [0.1, 0.15) is 59.9 Å². The Balaban J connectivity index is 0.000000204. The van der Waals surface area contributed by atoms with E-state index in [4.69, 9.17) is 26.7 Å². The molecule has 0 unspecified atom stereocenters. The summed E-state index contributed by atoms with van der Waals surface area (Å²) in [4.78, 5) is 24.0. The summed E-state index contributed by atoms with van der Waals surface area (Å²) < 4.78 is 26.1. The van der Waals surface area contributed by atoms with Crippen molar-refractivity contribution in [2.45, 2.75) is 65.5 Å². The number of pyridine rings is 2. The molecular formula is C40H47FN10O2.